The maximum Gasteiger partial charge on any atom is 0.246 e. The third kappa shape index (κ3) is 14.6. The first-order valence-corrected chi connectivity index (χ1v) is 26.4. The van der Waals surface area contributed by atoms with Gasteiger partial charge in [0.2, 0.25) is 23.6 Å². The number of piperazine rings is 1. The molecular weight excluding hydrogens is 932 g/mol. The summed E-state index contributed by atoms with van der Waals surface area (Å²) in [5.41, 5.74) is 9.87. The molecule has 2 aliphatic rings. The molecule has 3 N–H and O–H groups in total. The normalized spacial score (nSPS) is 17.1. The van der Waals surface area contributed by atoms with E-state index in [1.54, 1.807) is 11.3 Å². The minimum absolute atomic E-state index is 0.0113. The molecule has 14 heteroatoms. The van der Waals surface area contributed by atoms with E-state index in [-0.39, 0.29) is 43.7 Å². The van der Waals surface area contributed by atoms with E-state index in [9.17, 15) is 24.3 Å². The SMILES string of the molecule is Cc1ncsc1-c1ccc(CNC(=O)C2CC(O)CN2C(=O)[C@@H](NC(=O)CCCCCC(=O)N2CCN(CCOc3ccc(/C(=C(/CCCl)c4ccccc4)c4ccccc4)cc3)CC2)C(C)(C)C)cc1. The Morgan fingerprint density at radius 2 is 1.46 bits per heavy atom. The largest absolute Gasteiger partial charge is 0.492 e. The van der Waals surface area contributed by atoms with Gasteiger partial charge < -0.3 is 30.3 Å². The zero-order chi connectivity index (χ0) is 50.3. The number of benzene rings is 4. The molecule has 0 spiro atoms. The number of hydrogen-bond acceptors (Lipinski definition) is 9. The third-order valence-electron chi connectivity index (χ3n) is 13.4. The van der Waals surface area contributed by atoms with Gasteiger partial charge in [0, 0.05) is 71.0 Å². The maximum atomic E-state index is 14.1. The number of halogens is 1. The van der Waals surface area contributed by atoms with Crippen LogP contribution in [0.2, 0.25) is 0 Å². The first kappa shape index (κ1) is 53.0. The Bertz CT molecular complexity index is 2560. The predicted molar refractivity (Wildman–Crippen MR) is 284 cm³/mol. The van der Waals surface area contributed by atoms with Crippen molar-refractivity contribution in [3.05, 3.63) is 143 Å². The highest BCUT2D eigenvalue weighted by Crippen LogP contribution is 2.36. The number of aryl methyl sites for hydroxylation is 1. The van der Waals surface area contributed by atoms with Crippen molar-refractivity contribution in [1.29, 1.82) is 0 Å². The molecule has 0 radical (unpaired) electrons. The smallest absolute Gasteiger partial charge is 0.246 e. The van der Waals surface area contributed by atoms with Crippen molar-refractivity contribution < 1.29 is 29.0 Å². The molecule has 2 unspecified atom stereocenters. The Balaban J connectivity index is 0.801. The van der Waals surface area contributed by atoms with E-state index in [0.29, 0.717) is 51.3 Å². The van der Waals surface area contributed by atoms with Gasteiger partial charge in [-0.15, -0.1) is 22.9 Å². The lowest BCUT2D eigenvalue weighted by Gasteiger charge is -2.35. The number of carbonyl (C=O) groups is 4. The van der Waals surface area contributed by atoms with Crippen LogP contribution in [0.1, 0.15) is 93.7 Å². The van der Waals surface area contributed by atoms with E-state index in [2.05, 4.69) is 81.2 Å². The molecule has 4 aromatic carbocycles. The molecule has 2 aliphatic heterocycles. The summed E-state index contributed by atoms with van der Waals surface area (Å²) in [5.74, 6) is 0.455. The maximum absolute atomic E-state index is 14.1. The van der Waals surface area contributed by atoms with Crippen molar-refractivity contribution in [2.75, 3.05) is 51.8 Å². The van der Waals surface area contributed by atoms with Gasteiger partial charge in [-0.3, -0.25) is 24.1 Å². The molecule has 0 bridgehead atoms. The van der Waals surface area contributed by atoms with Gasteiger partial charge in [0.15, 0.2) is 0 Å². The van der Waals surface area contributed by atoms with Gasteiger partial charge in [-0.1, -0.05) is 124 Å². The summed E-state index contributed by atoms with van der Waals surface area (Å²) in [6.45, 7) is 12.1. The Kier molecular flexibility index (Phi) is 19.0. The second kappa shape index (κ2) is 25.5. The van der Waals surface area contributed by atoms with Crippen molar-refractivity contribution in [2.24, 2.45) is 5.41 Å². The lowest BCUT2D eigenvalue weighted by molar-refractivity contribution is -0.144. The highest BCUT2D eigenvalue weighted by atomic mass is 35.5. The minimum atomic E-state index is -0.895. The van der Waals surface area contributed by atoms with Gasteiger partial charge >= 0.3 is 0 Å². The molecule has 7 rings (SSSR count). The molecule has 1 aromatic heterocycles. The number of allylic oxidation sites excluding steroid dienone is 1. The van der Waals surface area contributed by atoms with Crippen LogP contribution in [0.25, 0.3) is 21.6 Å². The van der Waals surface area contributed by atoms with Crippen LogP contribution >= 0.6 is 22.9 Å². The van der Waals surface area contributed by atoms with Gasteiger partial charge in [-0.2, -0.15) is 0 Å². The van der Waals surface area contributed by atoms with Gasteiger partial charge in [-0.25, -0.2) is 4.98 Å². The van der Waals surface area contributed by atoms with Crippen molar-refractivity contribution in [3.63, 3.8) is 0 Å². The molecule has 12 nitrogen and oxygen atoms in total. The van der Waals surface area contributed by atoms with Crippen LogP contribution in [0.5, 0.6) is 5.75 Å². The van der Waals surface area contributed by atoms with Crippen LogP contribution in [0, 0.1) is 12.3 Å². The third-order valence-corrected chi connectivity index (χ3v) is 14.5. The number of unbranched alkanes of at least 4 members (excludes halogenated alkanes) is 2. The quantitative estimate of drug-likeness (QED) is 0.0376. The van der Waals surface area contributed by atoms with E-state index >= 15 is 0 Å². The Labute approximate surface area is 428 Å². The summed E-state index contributed by atoms with van der Waals surface area (Å²) in [5, 5.41) is 16.5. The van der Waals surface area contributed by atoms with E-state index in [0.717, 1.165) is 75.8 Å². The standard InChI is InChI=1S/C57H69ClN6O6S/c1-40-53(71-39-60-40)45-22-20-41(21-23-45)37-59-55(68)49-36-46(65)38-64(49)56(69)54(57(2,3)4)61-50(66)18-12-7-13-19-51(67)63-32-30-62(31-33-63)34-35-70-47-26-24-44(25-27-47)52(43-16-10-6-11-17-43)48(28-29-58)42-14-8-5-9-15-42/h5-6,8-11,14-17,20-27,39,46,49,54,65H,7,12-13,18-19,28-38H2,1-4H3,(H,59,68)(H,61,66)/b52-48-/t46?,49?,54-/m1/s1. The van der Waals surface area contributed by atoms with Crippen LogP contribution in [-0.4, -0.2) is 118 Å². The number of aliphatic hydroxyl groups excluding tert-OH is 1. The monoisotopic (exact) mass is 1000 g/mol. The number of ether oxygens (including phenoxy) is 1. The number of rotatable bonds is 21. The number of likely N-dealkylation sites (tertiary alicyclic amines) is 1. The van der Waals surface area contributed by atoms with E-state index in [1.807, 2.05) is 86.6 Å². The average Bonchev–Trinajstić information content (AvgIpc) is 4.00. The van der Waals surface area contributed by atoms with Gasteiger partial charge in [0.05, 0.1) is 22.2 Å². The summed E-state index contributed by atoms with van der Waals surface area (Å²) in [6, 6.07) is 35.3. The predicted octanol–water partition coefficient (Wildman–Crippen LogP) is 8.99. The summed E-state index contributed by atoms with van der Waals surface area (Å²) < 4.78 is 6.20. The topological polar surface area (TPSA) is 144 Å². The van der Waals surface area contributed by atoms with Crippen LogP contribution < -0.4 is 15.4 Å². The van der Waals surface area contributed by atoms with Crippen LogP contribution in [-0.2, 0) is 25.7 Å². The Morgan fingerprint density at radius 3 is 2.10 bits per heavy atom. The summed E-state index contributed by atoms with van der Waals surface area (Å²) >= 11 is 7.92. The van der Waals surface area contributed by atoms with Gasteiger partial charge in [0.1, 0.15) is 24.4 Å². The van der Waals surface area contributed by atoms with E-state index in [4.69, 9.17) is 16.3 Å². The molecular formula is C57H69ClN6O6S. The van der Waals surface area contributed by atoms with E-state index in [1.165, 1.54) is 10.5 Å². The van der Waals surface area contributed by atoms with Gasteiger partial charge in [-0.05, 0) is 82.7 Å². The van der Waals surface area contributed by atoms with Crippen molar-refractivity contribution in [1.82, 2.24) is 30.3 Å². The number of hydrogen-bond donors (Lipinski definition) is 3. The fourth-order valence-corrected chi connectivity index (χ4v) is 10.4. The molecule has 3 atom stereocenters. The number of carbonyl (C=O) groups excluding carboxylic acids is 4. The number of amides is 4. The summed E-state index contributed by atoms with van der Waals surface area (Å²) in [6.07, 6.45) is 2.58. The molecule has 3 heterocycles. The highest BCUT2D eigenvalue weighted by Gasteiger charge is 2.44. The van der Waals surface area contributed by atoms with Crippen LogP contribution in [0.3, 0.4) is 0 Å². The Hall–Kier alpha value is -5.86. The lowest BCUT2D eigenvalue weighted by atomic mass is 9.85. The molecule has 2 saturated heterocycles. The minimum Gasteiger partial charge on any atom is -0.492 e. The number of thiazole rings is 1. The number of β-amino-alcohol motifs (C(OH)–C–C–N with tert-alkyl or cyclic N) is 1. The van der Waals surface area contributed by atoms with Crippen LogP contribution in [0.4, 0.5) is 0 Å². The summed E-state index contributed by atoms with van der Waals surface area (Å²) in [7, 11) is 0. The number of nitrogens with one attached hydrogen (secondary N) is 2. The lowest BCUT2D eigenvalue weighted by Crippen LogP contribution is -2.57. The zero-order valence-electron chi connectivity index (χ0n) is 41.6. The summed E-state index contributed by atoms with van der Waals surface area (Å²) in [4.78, 5) is 65.1. The number of aromatic nitrogens is 1. The Morgan fingerprint density at radius 1 is 0.817 bits per heavy atom. The fraction of sp³-hybridized carbons (Fsp3) is 0.421. The average molecular weight is 1000 g/mol. The second-order valence-electron chi connectivity index (χ2n) is 19.6. The molecule has 376 valence electrons. The van der Waals surface area contributed by atoms with Crippen LogP contribution in [0.15, 0.2) is 115 Å². The van der Waals surface area contributed by atoms with Crippen molar-refractivity contribution >= 4 is 57.7 Å². The van der Waals surface area contributed by atoms with Gasteiger partial charge in [0.25, 0.3) is 0 Å². The highest BCUT2D eigenvalue weighted by molar-refractivity contribution is 7.13. The van der Waals surface area contributed by atoms with E-state index < -0.39 is 29.5 Å². The number of nitrogens with zero attached hydrogens (tertiary/aromatic N) is 4. The zero-order valence-corrected chi connectivity index (χ0v) is 43.2. The molecule has 5 aromatic rings. The van der Waals surface area contributed by atoms with Crippen molar-refractivity contribution in [2.45, 2.75) is 97.4 Å². The van der Waals surface area contributed by atoms with Crippen molar-refractivity contribution in [3.8, 4) is 16.2 Å². The molecule has 71 heavy (non-hydrogen) atoms. The molecule has 4 amide bonds. The number of alkyl halides is 1. The molecule has 0 aliphatic carbocycles. The first-order valence-electron chi connectivity index (χ1n) is 25.0. The second-order valence-corrected chi connectivity index (χ2v) is 20.9. The molecule has 2 fully saturated rings. The fourth-order valence-electron chi connectivity index (χ4n) is 9.41. The molecule has 0 saturated carbocycles. The number of aliphatic hydroxyl groups is 1. The first-order chi connectivity index (χ1) is 34.3.